The molecular weight excluding hydrogens is 310 g/mol. The SMILES string of the molecule is CC(NC1c2ccccc2CC1O)c1ccc(S(C)(=O)=O)cc1. The fraction of sp³-hybridized carbons (Fsp3) is 0.333. The van der Waals surface area contributed by atoms with Gasteiger partial charge in [0.25, 0.3) is 0 Å². The van der Waals surface area contributed by atoms with Crippen molar-refractivity contribution in [3.8, 4) is 0 Å². The van der Waals surface area contributed by atoms with Gasteiger partial charge in [0, 0.05) is 18.7 Å². The largest absolute Gasteiger partial charge is 0.391 e. The summed E-state index contributed by atoms with van der Waals surface area (Å²) in [5, 5.41) is 13.8. The molecule has 0 fully saturated rings. The molecule has 0 spiro atoms. The summed E-state index contributed by atoms with van der Waals surface area (Å²) >= 11 is 0. The van der Waals surface area contributed by atoms with Crippen LogP contribution in [0.3, 0.4) is 0 Å². The highest BCUT2D eigenvalue weighted by molar-refractivity contribution is 7.90. The Morgan fingerprint density at radius 3 is 2.43 bits per heavy atom. The monoisotopic (exact) mass is 331 g/mol. The maximum absolute atomic E-state index is 11.5. The van der Waals surface area contributed by atoms with Crippen molar-refractivity contribution in [2.45, 2.75) is 36.4 Å². The van der Waals surface area contributed by atoms with E-state index in [4.69, 9.17) is 0 Å². The third kappa shape index (κ3) is 3.32. The van der Waals surface area contributed by atoms with Crippen molar-refractivity contribution in [3.05, 3.63) is 65.2 Å². The number of aliphatic hydroxyl groups is 1. The minimum atomic E-state index is -3.18. The lowest BCUT2D eigenvalue weighted by Gasteiger charge is -2.23. The van der Waals surface area contributed by atoms with Crippen LogP contribution in [-0.4, -0.2) is 25.9 Å². The summed E-state index contributed by atoms with van der Waals surface area (Å²) in [6, 6.07) is 14.9. The van der Waals surface area contributed by atoms with Gasteiger partial charge >= 0.3 is 0 Å². The quantitative estimate of drug-likeness (QED) is 0.903. The summed E-state index contributed by atoms with van der Waals surface area (Å²) < 4.78 is 23.0. The molecule has 4 nitrogen and oxygen atoms in total. The van der Waals surface area contributed by atoms with Crippen LogP contribution in [0.1, 0.15) is 35.7 Å². The number of sulfone groups is 1. The van der Waals surface area contributed by atoms with Crippen molar-refractivity contribution in [2.24, 2.45) is 0 Å². The third-order valence-corrected chi connectivity index (χ3v) is 5.57. The van der Waals surface area contributed by atoms with E-state index in [1.807, 2.05) is 43.3 Å². The molecule has 0 bridgehead atoms. The van der Waals surface area contributed by atoms with Crippen LogP contribution in [0.5, 0.6) is 0 Å². The van der Waals surface area contributed by atoms with Gasteiger partial charge in [-0.05, 0) is 35.7 Å². The van der Waals surface area contributed by atoms with E-state index in [0.29, 0.717) is 11.3 Å². The van der Waals surface area contributed by atoms with Crippen LogP contribution in [0.4, 0.5) is 0 Å². The van der Waals surface area contributed by atoms with Crippen LogP contribution in [-0.2, 0) is 16.3 Å². The molecule has 0 aromatic heterocycles. The van der Waals surface area contributed by atoms with Gasteiger partial charge in [-0.15, -0.1) is 0 Å². The van der Waals surface area contributed by atoms with E-state index in [0.717, 1.165) is 11.1 Å². The molecule has 0 amide bonds. The molecule has 1 aliphatic rings. The Kier molecular flexibility index (Phi) is 4.27. The van der Waals surface area contributed by atoms with Crippen LogP contribution < -0.4 is 5.32 Å². The molecule has 0 aliphatic heterocycles. The van der Waals surface area contributed by atoms with E-state index in [1.54, 1.807) is 12.1 Å². The minimum absolute atomic E-state index is 0.00872. The number of hydrogen-bond donors (Lipinski definition) is 2. The van der Waals surface area contributed by atoms with Crippen LogP contribution in [0.2, 0.25) is 0 Å². The fourth-order valence-electron chi connectivity index (χ4n) is 3.14. The molecule has 3 rings (SSSR count). The first-order valence-corrected chi connectivity index (χ1v) is 9.57. The summed E-state index contributed by atoms with van der Waals surface area (Å²) in [5.74, 6) is 0. The van der Waals surface area contributed by atoms with Crippen molar-refractivity contribution < 1.29 is 13.5 Å². The lowest BCUT2D eigenvalue weighted by atomic mass is 10.0. The minimum Gasteiger partial charge on any atom is -0.391 e. The van der Waals surface area contributed by atoms with Crippen LogP contribution in [0, 0.1) is 0 Å². The Hall–Kier alpha value is -1.69. The molecule has 122 valence electrons. The van der Waals surface area contributed by atoms with E-state index in [2.05, 4.69) is 5.32 Å². The predicted molar refractivity (Wildman–Crippen MR) is 90.0 cm³/mol. The van der Waals surface area contributed by atoms with Crippen molar-refractivity contribution >= 4 is 9.84 Å². The molecule has 2 N–H and O–H groups in total. The molecule has 5 heteroatoms. The molecule has 0 heterocycles. The number of rotatable bonds is 4. The van der Waals surface area contributed by atoms with Gasteiger partial charge in [-0.1, -0.05) is 36.4 Å². The molecule has 1 aliphatic carbocycles. The van der Waals surface area contributed by atoms with Gasteiger partial charge in [-0.2, -0.15) is 0 Å². The Bertz CT molecular complexity index is 799. The standard InChI is InChI=1S/C18H21NO3S/c1-12(13-7-9-15(10-8-13)23(2,21)22)19-18-16-6-4-3-5-14(16)11-17(18)20/h3-10,12,17-20H,11H2,1-2H3. The first-order valence-electron chi connectivity index (χ1n) is 7.68. The van der Waals surface area contributed by atoms with Crippen molar-refractivity contribution in [3.63, 3.8) is 0 Å². The number of hydrogen-bond acceptors (Lipinski definition) is 4. The molecule has 2 aromatic rings. The van der Waals surface area contributed by atoms with E-state index in [9.17, 15) is 13.5 Å². The summed E-state index contributed by atoms with van der Waals surface area (Å²) in [6.45, 7) is 2.02. The molecular formula is C18H21NO3S. The third-order valence-electron chi connectivity index (χ3n) is 4.44. The second kappa shape index (κ2) is 6.07. The van der Waals surface area contributed by atoms with Crippen LogP contribution in [0.25, 0.3) is 0 Å². The van der Waals surface area contributed by atoms with Gasteiger partial charge in [0.15, 0.2) is 9.84 Å². The Balaban J connectivity index is 1.78. The molecule has 0 saturated heterocycles. The zero-order valence-corrected chi connectivity index (χ0v) is 14.0. The highest BCUT2D eigenvalue weighted by atomic mass is 32.2. The van der Waals surface area contributed by atoms with Gasteiger partial charge in [-0.25, -0.2) is 8.42 Å². The highest BCUT2D eigenvalue weighted by Gasteiger charge is 2.31. The zero-order chi connectivity index (χ0) is 16.6. The lowest BCUT2D eigenvalue weighted by Crippen LogP contribution is -2.31. The first-order chi connectivity index (χ1) is 10.9. The second-order valence-electron chi connectivity index (χ2n) is 6.18. The molecule has 0 saturated carbocycles. The molecule has 3 atom stereocenters. The second-order valence-corrected chi connectivity index (χ2v) is 8.19. The average Bonchev–Trinajstić information content (AvgIpc) is 2.82. The molecule has 23 heavy (non-hydrogen) atoms. The predicted octanol–water partition coefficient (Wildman–Crippen LogP) is 2.40. The Morgan fingerprint density at radius 1 is 1.13 bits per heavy atom. The van der Waals surface area contributed by atoms with Crippen LogP contribution >= 0.6 is 0 Å². The van der Waals surface area contributed by atoms with Gasteiger partial charge < -0.3 is 10.4 Å². The average molecular weight is 331 g/mol. The molecule has 3 unspecified atom stereocenters. The number of aliphatic hydroxyl groups excluding tert-OH is 1. The summed E-state index contributed by atoms with van der Waals surface area (Å²) in [6.07, 6.45) is 1.42. The topological polar surface area (TPSA) is 66.4 Å². The van der Waals surface area contributed by atoms with Gasteiger partial charge in [-0.3, -0.25) is 0 Å². The Morgan fingerprint density at radius 2 is 1.78 bits per heavy atom. The maximum Gasteiger partial charge on any atom is 0.175 e. The smallest absolute Gasteiger partial charge is 0.175 e. The van der Waals surface area contributed by atoms with Crippen molar-refractivity contribution in [1.29, 1.82) is 0 Å². The number of benzene rings is 2. The molecule has 0 radical (unpaired) electrons. The van der Waals surface area contributed by atoms with E-state index in [-0.39, 0.29) is 12.1 Å². The number of fused-ring (bicyclic) bond motifs is 1. The Labute approximate surface area is 137 Å². The molecule has 2 aromatic carbocycles. The first kappa shape index (κ1) is 16.2. The fourth-order valence-corrected chi connectivity index (χ4v) is 3.77. The van der Waals surface area contributed by atoms with E-state index >= 15 is 0 Å². The normalized spacial score (nSPS) is 21.9. The highest BCUT2D eigenvalue weighted by Crippen LogP contribution is 2.33. The zero-order valence-electron chi connectivity index (χ0n) is 13.2. The van der Waals surface area contributed by atoms with Crippen molar-refractivity contribution in [2.75, 3.05) is 6.26 Å². The summed E-state index contributed by atoms with van der Waals surface area (Å²) in [7, 11) is -3.18. The summed E-state index contributed by atoms with van der Waals surface area (Å²) in [4.78, 5) is 0.319. The number of nitrogens with one attached hydrogen (secondary N) is 1. The summed E-state index contributed by atoms with van der Waals surface area (Å²) in [5.41, 5.74) is 3.31. The van der Waals surface area contributed by atoms with Gasteiger partial charge in [0.2, 0.25) is 0 Å². The van der Waals surface area contributed by atoms with Crippen molar-refractivity contribution in [1.82, 2.24) is 5.32 Å². The lowest BCUT2D eigenvalue weighted by molar-refractivity contribution is 0.136. The van der Waals surface area contributed by atoms with Gasteiger partial charge in [0.05, 0.1) is 17.0 Å². The van der Waals surface area contributed by atoms with Gasteiger partial charge in [0.1, 0.15) is 0 Å². The van der Waals surface area contributed by atoms with E-state index < -0.39 is 15.9 Å². The van der Waals surface area contributed by atoms with Crippen LogP contribution in [0.15, 0.2) is 53.4 Å². The van der Waals surface area contributed by atoms with E-state index in [1.165, 1.54) is 11.8 Å². The maximum atomic E-state index is 11.5.